The lowest BCUT2D eigenvalue weighted by molar-refractivity contribution is 1.07. The van der Waals surface area contributed by atoms with Crippen LogP contribution in [0.15, 0.2) is 72.8 Å². The van der Waals surface area contributed by atoms with Gasteiger partial charge in [-0.05, 0) is 23.8 Å². The molecule has 0 N–H and O–H groups in total. The lowest BCUT2D eigenvalue weighted by Gasteiger charge is -2.16. The van der Waals surface area contributed by atoms with E-state index in [9.17, 15) is 0 Å². The summed E-state index contributed by atoms with van der Waals surface area (Å²) in [4.78, 5) is 11.6. The van der Waals surface area contributed by atoms with Crippen LogP contribution < -0.4 is 4.90 Å². The SMILES string of the molecule is CN(C)c1nc(-c2ccccc2)nc2ccc(-c3ccccc3Cl)cc12. The van der Waals surface area contributed by atoms with Crippen molar-refractivity contribution in [2.45, 2.75) is 0 Å². The molecule has 0 aliphatic heterocycles. The van der Waals surface area contributed by atoms with Gasteiger partial charge in [0.1, 0.15) is 5.82 Å². The summed E-state index contributed by atoms with van der Waals surface area (Å²) in [5.41, 5.74) is 3.99. The topological polar surface area (TPSA) is 29.0 Å². The lowest BCUT2D eigenvalue weighted by Crippen LogP contribution is -2.12. The summed E-state index contributed by atoms with van der Waals surface area (Å²) in [5, 5.41) is 1.74. The van der Waals surface area contributed by atoms with Gasteiger partial charge < -0.3 is 4.90 Å². The van der Waals surface area contributed by atoms with Gasteiger partial charge in [0.05, 0.1) is 5.52 Å². The number of aromatic nitrogens is 2. The fourth-order valence-corrected chi connectivity index (χ4v) is 3.28. The van der Waals surface area contributed by atoms with E-state index in [0.29, 0.717) is 0 Å². The van der Waals surface area contributed by atoms with Crippen LogP contribution in [0.25, 0.3) is 33.4 Å². The Morgan fingerprint density at radius 1 is 0.769 bits per heavy atom. The summed E-state index contributed by atoms with van der Waals surface area (Å²) in [6.07, 6.45) is 0. The van der Waals surface area contributed by atoms with Crippen molar-refractivity contribution < 1.29 is 0 Å². The van der Waals surface area contributed by atoms with Gasteiger partial charge in [-0.15, -0.1) is 0 Å². The van der Waals surface area contributed by atoms with Crippen molar-refractivity contribution in [1.82, 2.24) is 9.97 Å². The van der Waals surface area contributed by atoms with Crippen molar-refractivity contribution >= 4 is 28.3 Å². The second-order valence-electron chi connectivity index (χ2n) is 6.34. The van der Waals surface area contributed by atoms with Crippen LogP contribution in [0, 0.1) is 0 Å². The van der Waals surface area contributed by atoms with Crippen LogP contribution in [-0.2, 0) is 0 Å². The number of hydrogen-bond donors (Lipinski definition) is 0. The van der Waals surface area contributed by atoms with Crippen LogP contribution >= 0.6 is 11.6 Å². The van der Waals surface area contributed by atoms with Gasteiger partial charge in [-0.3, -0.25) is 0 Å². The third-order valence-corrected chi connectivity index (χ3v) is 4.65. The second-order valence-corrected chi connectivity index (χ2v) is 6.75. The number of nitrogens with zero attached hydrogens (tertiary/aromatic N) is 3. The fraction of sp³-hybridized carbons (Fsp3) is 0.0909. The molecule has 0 saturated carbocycles. The Bertz CT molecular complexity index is 1080. The van der Waals surface area contributed by atoms with E-state index >= 15 is 0 Å². The van der Waals surface area contributed by atoms with E-state index in [1.807, 2.05) is 79.7 Å². The zero-order chi connectivity index (χ0) is 18.1. The first-order valence-electron chi connectivity index (χ1n) is 8.43. The molecule has 0 atom stereocenters. The van der Waals surface area contributed by atoms with Gasteiger partial charge in [0.2, 0.25) is 0 Å². The van der Waals surface area contributed by atoms with E-state index in [2.05, 4.69) is 12.1 Å². The van der Waals surface area contributed by atoms with E-state index in [0.717, 1.165) is 44.3 Å². The molecule has 0 saturated heterocycles. The molecule has 4 rings (SSSR count). The Hall–Kier alpha value is -2.91. The third-order valence-electron chi connectivity index (χ3n) is 4.32. The number of anilines is 1. The summed E-state index contributed by atoms with van der Waals surface area (Å²) in [7, 11) is 4.00. The normalized spacial score (nSPS) is 10.9. The minimum absolute atomic E-state index is 0.729. The minimum atomic E-state index is 0.729. The van der Waals surface area contributed by atoms with Gasteiger partial charge in [0, 0.05) is 35.6 Å². The Kier molecular flexibility index (Phi) is 4.31. The number of benzene rings is 3. The first kappa shape index (κ1) is 16.6. The molecule has 0 spiro atoms. The summed E-state index contributed by atoms with van der Waals surface area (Å²) < 4.78 is 0. The smallest absolute Gasteiger partial charge is 0.162 e. The molecule has 0 fully saturated rings. The maximum Gasteiger partial charge on any atom is 0.162 e. The number of halogens is 1. The molecule has 0 radical (unpaired) electrons. The van der Waals surface area contributed by atoms with Crippen LogP contribution in [0.1, 0.15) is 0 Å². The monoisotopic (exact) mass is 359 g/mol. The Labute approximate surface area is 157 Å². The zero-order valence-electron chi connectivity index (χ0n) is 14.6. The first-order valence-corrected chi connectivity index (χ1v) is 8.81. The van der Waals surface area contributed by atoms with Crippen molar-refractivity contribution in [3.05, 3.63) is 77.8 Å². The van der Waals surface area contributed by atoms with E-state index in [-0.39, 0.29) is 0 Å². The molecular formula is C22H18ClN3. The van der Waals surface area contributed by atoms with Crippen molar-refractivity contribution in [3.63, 3.8) is 0 Å². The highest BCUT2D eigenvalue weighted by molar-refractivity contribution is 6.33. The quantitative estimate of drug-likeness (QED) is 0.471. The van der Waals surface area contributed by atoms with Crippen LogP contribution in [0.5, 0.6) is 0 Å². The van der Waals surface area contributed by atoms with Crippen LogP contribution in [-0.4, -0.2) is 24.1 Å². The minimum Gasteiger partial charge on any atom is -0.362 e. The molecule has 4 aromatic rings. The van der Waals surface area contributed by atoms with Crippen LogP contribution in [0.3, 0.4) is 0 Å². The molecule has 3 aromatic carbocycles. The summed E-state index contributed by atoms with van der Waals surface area (Å²) in [6.45, 7) is 0. The molecule has 0 aliphatic carbocycles. The first-order chi connectivity index (χ1) is 12.6. The van der Waals surface area contributed by atoms with Gasteiger partial charge in [0.15, 0.2) is 5.82 Å². The molecule has 1 heterocycles. The Morgan fingerprint density at radius 2 is 1.50 bits per heavy atom. The predicted molar refractivity (Wildman–Crippen MR) is 110 cm³/mol. The molecule has 26 heavy (non-hydrogen) atoms. The van der Waals surface area contributed by atoms with Gasteiger partial charge >= 0.3 is 0 Å². The predicted octanol–water partition coefficient (Wildman–Crippen LogP) is 5.68. The highest BCUT2D eigenvalue weighted by Crippen LogP contribution is 2.33. The second kappa shape index (κ2) is 6.77. The van der Waals surface area contributed by atoms with Gasteiger partial charge in [-0.25, -0.2) is 9.97 Å². The fourth-order valence-electron chi connectivity index (χ4n) is 3.03. The van der Waals surface area contributed by atoms with Gasteiger partial charge in [0.25, 0.3) is 0 Å². The number of fused-ring (bicyclic) bond motifs is 1. The molecular weight excluding hydrogens is 342 g/mol. The Balaban J connectivity index is 1.93. The van der Waals surface area contributed by atoms with E-state index in [1.165, 1.54) is 0 Å². The third kappa shape index (κ3) is 3.02. The maximum absolute atomic E-state index is 6.38. The lowest BCUT2D eigenvalue weighted by atomic mass is 10.0. The van der Waals surface area contributed by atoms with Crippen molar-refractivity contribution in [2.24, 2.45) is 0 Å². The standard InChI is InChI=1S/C22H18ClN3/c1-26(2)22-18-14-16(17-10-6-7-11-19(17)23)12-13-20(18)24-21(25-22)15-8-4-3-5-9-15/h3-14H,1-2H3. The van der Waals surface area contributed by atoms with Crippen molar-refractivity contribution in [3.8, 4) is 22.5 Å². The molecule has 1 aromatic heterocycles. The van der Waals surface area contributed by atoms with Crippen molar-refractivity contribution in [2.75, 3.05) is 19.0 Å². The van der Waals surface area contributed by atoms with Gasteiger partial charge in [-0.2, -0.15) is 0 Å². The Morgan fingerprint density at radius 3 is 2.23 bits per heavy atom. The summed E-state index contributed by atoms with van der Waals surface area (Å²) in [6, 6.07) is 24.1. The molecule has 0 aliphatic rings. The summed E-state index contributed by atoms with van der Waals surface area (Å²) in [5.74, 6) is 1.62. The van der Waals surface area contributed by atoms with E-state index < -0.39 is 0 Å². The zero-order valence-corrected chi connectivity index (χ0v) is 15.4. The average molecular weight is 360 g/mol. The maximum atomic E-state index is 6.38. The highest BCUT2D eigenvalue weighted by Gasteiger charge is 2.13. The van der Waals surface area contributed by atoms with E-state index in [1.54, 1.807) is 0 Å². The van der Waals surface area contributed by atoms with E-state index in [4.69, 9.17) is 21.6 Å². The number of rotatable bonds is 3. The molecule has 0 bridgehead atoms. The van der Waals surface area contributed by atoms with Gasteiger partial charge in [-0.1, -0.05) is 66.2 Å². The number of hydrogen-bond acceptors (Lipinski definition) is 3. The molecule has 0 amide bonds. The molecule has 0 unspecified atom stereocenters. The molecule has 4 heteroatoms. The molecule has 3 nitrogen and oxygen atoms in total. The van der Waals surface area contributed by atoms with Crippen LogP contribution in [0.2, 0.25) is 5.02 Å². The largest absolute Gasteiger partial charge is 0.362 e. The molecule has 128 valence electrons. The summed E-state index contributed by atoms with van der Waals surface area (Å²) >= 11 is 6.38. The van der Waals surface area contributed by atoms with Crippen LogP contribution in [0.4, 0.5) is 5.82 Å². The average Bonchev–Trinajstić information content (AvgIpc) is 2.67. The van der Waals surface area contributed by atoms with Crippen molar-refractivity contribution in [1.29, 1.82) is 0 Å². The highest BCUT2D eigenvalue weighted by atomic mass is 35.5.